The Hall–Kier alpha value is -0.640. The first-order valence-electron chi connectivity index (χ1n) is 4.10. The van der Waals surface area contributed by atoms with Crippen molar-refractivity contribution in [2.75, 3.05) is 13.2 Å². The monoisotopic (exact) mass is 234 g/mol. The summed E-state index contributed by atoms with van der Waals surface area (Å²) in [6, 6.07) is 3.19. The Labute approximate surface area is 91.1 Å². The van der Waals surface area contributed by atoms with Crippen molar-refractivity contribution in [1.29, 1.82) is 0 Å². The van der Waals surface area contributed by atoms with E-state index in [0.717, 1.165) is 0 Å². The third-order valence-corrected chi connectivity index (χ3v) is 2.63. The summed E-state index contributed by atoms with van der Waals surface area (Å²) in [4.78, 5) is 0. The molecule has 0 saturated carbocycles. The van der Waals surface area contributed by atoms with Crippen LogP contribution in [0.15, 0.2) is 12.1 Å². The minimum absolute atomic E-state index is 0.0836. The van der Waals surface area contributed by atoms with Gasteiger partial charge in [-0.1, -0.05) is 23.2 Å². The van der Waals surface area contributed by atoms with Crippen LogP contribution in [0.25, 0.3) is 0 Å². The average Bonchev–Trinajstić information content (AvgIpc) is 2.19. The van der Waals surface area contributed by atoms with E-state index in [4.69, 9.17) is 37.8 Å². The van der Waals surface area contributed by atoms with Gasteiger partial charge in [0.1, 0.15) is 6.61 Å². The fourth-order valence-corrected chi connectivity index (χ4v) is 1.51. The molecule has 14 heavy (non-hydrogen) atoms. The first kappa shape index (κ1) is 9.90. The largest absolute Gasteiger partial charge is 0.486 e. The molecule has 1 aromatic carbocycles. The molecule has 0 fully saturated rings. The molecule has 76 valence electrons. The third-order valence-electron chi connectivity index (χ3n) is 1.91. The first-order valence-corrected chi connectivity index (χ1v) is 4.85. The zero-order chi connectivity index (χ0) is 10.1. The molecule has 0 spiro atoms. The highest BCUT2D eigenvalue weighted by Gasteiger charge is 2.21. The zero-order valence-corrected chi connectivity index (χ0v) is 8.68. The average molecular weight is 235 g/mol. The molecule has 0 aromatic heterocycles. The number of hydrogen-bond acceptors (Lipinski definition) is 3. The van der Waals surface area contributed by atoms with Crippen LogP contribution < -0.4 is 9.47 Å². The second kappa shape index (κ2) is 3.85. The van der Waals surface area contributed by atoms with Gasteiger partial charge >= 0.3 is 0 Å². The lowest BCUT2D eigenvalue weighted by Crippen LogP contribution is -2.32. The maximum absolute atomic E-state index is 8.88. The van der Waals surface area contributed by atoms with Gasteiger partial charge in [0.2, 0.25) is 0 Å². The Balaban J connectivity index is 2.33. The number of hydrogen-bond donors (Lipinski definition) is 1. The van der Waals surface area contributed by atoms with E-state index in [1.54, 1.807) is 12.1 Å². The van der Waals surface area contributed by atoms with Crippen molar-refractivity contribution in [3.05, 3.63) is 22.2 Å². The van der Waals surface area contributed by atoms with Crippen LogP contribution in [0.2, 0.25) is 10.0 Å². The van der Waals surface area contributed by atoms with Gasteiger partial charge < -0.3 is 14.6 Å². The normalized spacial score (nSPS) is 19.5. The van der Waals surface area contributed by atoms with Crippen LogP contribution in [0.4, 0.5) is 0 Å². The molecule has 0 bridgehead atoms. The zero-order valence-electron chi connectivity index (χ0n) is 7.17. The molecule has 0 unspecified atom stereocenters. The van der Waals surface area contributed by atoms with E-state index in [1.807, 2.05) is 0 Å². The van der Waals surface area contributed by atoms with Gasteiger partial charge in [-0.3, -0.25) is 0 Å². The summed E-state index contributed by atoms with van der Waals surface area (Å²) in [7, 11) is 0. The molecule has 0 aliphatic carbocycles. The topological polar surface area (TPSA) is 38.7 Å². The van der Waals surface area contributed by atoms with Crippen molar-refractivity contribution in [2.24, 2.45) is 0 Å². The predicted molar refractivity (Wildman–Crippen MR) is 53.5 cm³/mol. The molecular formula is C9H8Cl2O3. The van der Waals surface area contributed by atoms with Crippen LogP contribution >= 0.6 is 23.2 Å². The van der Waals surface area contributed by atoms with Crippen LogP contribution in [0.5, 0.6) is 11.5 Å². The van der Waals surface area contributed by atoms with E-state index in [2.05, 4.69) is 0 Å². The molecule has 1 aliphatic rings. The molecular weight excluding hydrogens is 227 g/mol. The highest BCUT2D eigenvalue weighted by molar-refractivity contribution is 6.42. The highest BCUT2D eigenvalue weighted by atomic mass is 35.5. The number of aliphatic hydroxyl groups is 1. The Kier molecular flexibility index (Phi) is 2.72. The molecule has 3 nitrogen and oxygen atoms in total. The summed E-state index contributed by atoms with van der Waals surface area (Å²) in [6.07, 6.45) is -0.334. The molecule has 0 saturated heterocycles. The third kappa shape index (κ3) is 1.75. The van der Waals surface area contributed by atoms with Crippen molar-refractivity contribution < 1.29 is 14.6 Å². The van der Waals surface area contributed by atoms with E-state index in [1.165, 1.54) is 0 Å². The Morgan fingerprint density at radius 2 is 1.93 bits per heavy atom. The summed E-state index contributed by atoms with van der Waals surface area (Å²) in [5.41, 5.74) is 0. The maximum atomic E-state index is 8.88. The number of aliphatic hydroxyl groups excluding tert-OH is 1. The minimum atomic E-state index is -0.334. The quantitative estimate of drug-likeness (QED) is 0.810. The van der Waals surface area contributed by atoms with E-state index in [0.29, 0.717) is 28.2 Å². The van der Waals surface area contributed by atoms with E-state index < -0.39 is 0 Å². The van der Waals surface area contributed by atoms with Crippen molar-refractivity contribution in [3.8, 4) is 11.5 Å². The van der Waals surface area contributed by atoms with Crippen molar-refractivity contribution in [2.45, 2.75) is 6.10 Å². The molecule has 1 N–H and O–H groups in total. The second-order valence-electron chi connectivity index (χ2n) is 2.95. The van der Waals surface area contributed by atoms with Gasteiger partial charge in [-0.2, -0.15) is 0 Å². The summed E-state index contributed by atoms with van der Waals surface area (Å²) in [6.45, 7) is 0.237. The van der Waals surface area contributed by atoms with Gasteiger partial charge in [-0.05, 0) is 0 Å². The Morgan fingerprint density at radius 3 is 2.57 bits per heavy atom. The molecule has 1 atom stereocenters. The number of fused-ring (bicyclic) bond motifs is 1. The van der Waals surface area contributed by atoms with Gasteiger partial charge in [0.15, 0.2) is 17.6 Å². The van der Waals surface area contributed by atoms with Gasteiger partial charge in [-0.15, -0.1) is 0 Å². The van der Waals surface area contributed by atoms with E-state index in [-0.39, 0.29) is 12.7 Å². The lowest BCUT2D eigenvalue weighted by atomic mass is 10.2. The molecule has 1 heterocycles. The SMILES string of the molecule is OC[C@@H]1COc2cc(Cl)c(Cl)cc2O1. The van der Waals surface area contributed by atoms with E-state index >= 15 is 0 Å². The van der Waals surface area contributed by atoms with Crippen LogP contribution in [-0.4, -0.2) is 24.4 Å². The predicted octanol–water partition coefficient (Wildman–Crippen LogP) is 2.13. The minimum Gasteiger partial charge on any atom is -0.486 e. The fourth-order valence-electron chi connectivity index (χ4n) is 1.20. The molecule has 0 amide bonds. The Bertz CT molecular complexity index is 354. The Morgan fingerprint density at radius 1 is 1.29 bits per heavy atom. The number of halogens is 2. The number of benzene rings is 1. The van der Waals surface area contributed by atoms with Crippen LogP contribution in [0.1, 0.15) is 0 Å². The van der Waals surface area contributed by atoms with Gasteiger partial charge in [0.05, 0.1) is 16.7 Å². The fraction of sp³-hybridized carbons (Fsp3) is 0.333. The summed E-state index contributed by atoms with van der Waals surface area (Å²) >= 11 is 11.6. The molecule has 2 rings (SSSR count). The van der Waals surface area contributed by atoms with Gasteiger partial charge in [-0.25, -0.2) is 0 Å². The smallest absolute Gasteiger partial charge is 0.163 e. The number of ether oxygens (including phenoxy) is 2. The van der Waals surface area contributed by atoms with Gasteiger partial charge in [0, 0.05) is 12.1 Å². The van der Waals surface area contributed by atoms with Crippen LogP contribution in [0, 0.1) is 0 Å². The van der Waals surface area contributed by atoms with Crippen molar-refractivity contribution in [1.82, 2.24) is 0 Å². The van der Waals surface area contributed by atoms with Gasteiger partial charge in [0.25, 0.3) is 0 Å². The molecule has 1 aliphatic heterocycles. The number of rotatable bonds is 1. The highest BCUT2D eigenvalue weighted by Crippen LogP contribution is 2.38. The van der Waals surface area contributed by atoms with Crippen LogP contribution in [0.3, 0.4) is 0 Å². The molecule has 1 aromatic rings. The standard InChI is InChI=1S/C9H8Cl2O3/c10-6-1-8-9(2-7(6)11)14-5(3-12)4-13-8/h1-2,5,12H,3-4H2/t5-/m1/s1. The second-order valence-corrected chi connectivity index (χ2v) is 3.76. The summed E-state index contributed by atoms with van der Waals surface area (Å²) in [5.74, 6) is 1.08. The first-order chi connectivity index (χ1) is 6.70. The van der Waals surface area contributed by atoms with E-state index in [9.17, 15) is 0 Å². The van der Waals surface area contributed by atoms with Crippen molar-refractivity contribution in [3.63, 3.8) is 0 Å². The molecule has 5 heteroatoms. The summed E-state index contributed by atoms with van der Waals surface area (Å²) in [5, 5.41) is 9.71. The maximum Gasteiger partial charge on any atom is 0.163 e. The van der Waals surface area contributed by atoms with Crippen molar-refractivity contribution >= 4 is 23.2 Å². The lowest BCUT2D eigenvalue weighted by Gasteiger charge is -2.25. The molecule has 0 radical (unpaired) electrons. The lowest BCUT2D eigenvalue weighted by molar-refractivity contribution is 0.0457. The van der Waals surface area contributed by atoms with Crippen LogP contribution in [-0.2, 0) is 0 Å². The summed E-state index contributed by atoms with van der Waals surface area (Å²) < 4.78 is 10.7.